The van der Waals surface area contributed by atoms with Gasteiger partial charge in [-0.15, -0.1) is 0 Å². The first-order valence-electron chi connectivity index (χ1n) is 2.55. The first-order chi connectivity index (χ1) is 3.27. The van der Waals surface area contributed by atoms with Crippen molar-refractivity contribution in [1.29, 1.82) is 0 Å². The highest BCUT2D eigenvalue weighted by Crippen LogP contribution is 1.88. The zero-order chi connectivity index (χ0) is 5.70. The van der Waals surface area contributed by atoms with E-state index < -0.39 is 0 Å². The largest absolute Gasteiger partial charge is 0.327 e. The second-order valence-electron chi connectivity index (χ2n) is 1.76. The van der Waals surface area contributed by atoms with Crippen LogP contribution in [0.1, 0.15) is 13.8 Å². The summed E-state index contributed by atoms with van der Waals surface area (Å²) in [6.45, 7) is 4.76. The minimum absolute atomic E-state index is 0.517. The minimum Gasteiger partial charge on any atom is -0.327 e. The number of hydrogen-bond donors (Lipinski definition) is 1. The van der Waals surface area contributed by atoms with Crippen molar-refractivity contribution in [3.63, 3.8) is 0 Å². The predicted octanol–water partition coefficient (Wildman–Crippen LogP) is 0.960. The fourth-order valence-electron chi connectivity index (χ4n) is 0.304. The Morgan fingerprint density at radius 2 is 2.29 bits per heavy atom. The molecule has 0 unspecified atom stereocenters. The number of hydrogen-bond acceptors (Lipinski definition) is 1. The Hall–Kier alpha value is -0.300. The van der Waals surface area contributed by atoms with Crippen LogP contribution in [0.3, 0.4) is 0 Å². The molecule has 0 aliphatic rings. The standard InChI is InChI=1S/C6H12N/c1-6(2)4-3-5-7/h3,6H,5,7H2,1-2H3. The van der Waals surface area contributed by atoms with Gasteiger partial charge in [-0.1, -0.05) is 19.9 Å². The van der Waals surface area contributed by atoms with Crippen LogP contribution >= 0.6 is 0 Å². The third-order valence-corrected chi connectivity index (χ3v) is 0.569. The molecule has 0 aliphatic carbocycles. The Bertz CT molecular complexity index is 55.2. The van der Waals surface area contributed by atoms with Crippen LogP contribution in [-0.2, 0) is 0 Å². The molecule has 1 radical (unpaired) electrons. The van der Waals surface area contributed by atoms with Crippen molar-refractivity contribution in [3.8, 4) is 0 Å². The number of rotatable bonds is 2. The summed E-state index contributed by atoms with van der Waals surface area (Å²) < 4.78 is 0. The van der Waals surface area contributed by atoms with Crippen LogP contribution in [0.15, 0.2) is 6.08 Å². The molecule has 0 saturated carbocycles. The molecule has 0 spiro atoms. The molecule has 0 aromatic carbocycles. The third kappa shape index (κ3) is 5.70. The smallest absolute Gasteiger partial charge is 0.0112 e. The highest BCUT2D eigenvalue weighted by Gasteiger charge is 1.79. The van der Waals surface area contributed by atoms with E-state index in [9.17, 15) is 0 Å². The molecular formula is C6H12N. The normalized spacial score (nSPS) is 11.4. The van der Waals surface area contributed by atoms with Crippen LogP contribution in [0.4, 0.5) is 0 Å². The second kappa shape index (κ2) is 3.88. The Kier molecular flexibility index (Phi) is 3.71. The quantitative estimate of drug-likeness (QED) is 0.547. The summed E-state index contributed by atoms with van der Waals surface area (Å²) in [5.41, 5.74) is 5.16. The van der Waals surface area contributed by atoms with Crippen molar-refractivity contribution < 1.29 is 0 Å². The van der Waals surface area contributed by atoms with Crippen molar-refractivity contribution in [2.45, 2.75) is 13.8 Å². The minimum atomic E-state index is 0.517. The molecule has 1 nitrogen and oxygen atoms in total. The lowest BCUT2D eigenvalue weighted by atomic mass is 10.2. The van der Waals surface area contributed by atoms with E-state index in [-0.39, 0.29) is 0 Å². The van der Waals surface area contributed by atoms with Gasteiger partial charge in [-0.2, -0.15) is 0 Å². The van der Waals surface area contributed by atoms with Crippen molar-refractivity contribution in [1.82, 2.24) is 0 Å². The van der Waals surface area contributed by atoms with Crippen LogP contribution < -0.4 is 5.73 Å². The first-order valence-corrected chi connectivity index (χ1v) is 2.55. The van der Waals surface area contributed by atoms with Gasteiger partial charge >= 0.3 is 0 Å². The SMILES string of the molecule is CC(C)/[C]=C/CN. The fraction of sp³-hybridized carbons (Fsp3) is 0.667. The molecule has 0 heterocycles. The van der Waals surface area contributed by atoms with Gasteiger partial charge in [-0.05, 0) is 12.0 Å². The number of allylic oxidation sites excluding steroid dienone is 1. The maximum absolute atomic E-state index is 5.16. The summed E-state index contributed by atoms with van der Waals surface area (Å²) in [4.78, 5) is 0. The van der Waals surface area contributed by atoms with Gasteiger partial charge in [0.05, 0.1) is 0 Å². The van der Waals surface area contributed by atoms with E-state index in [0.29, 0.717) is 12.5 Å². The summed E-state index contributed by atoms with van der Waals surface area (Å²) >= 11 is 0. The Labute approximate surface area is 45.2 Å². The molecule has 0 aromatic rings. The molecule has 0 rings (SSSR count). The van der Waals surface area contributed by atoms with Gasteiger partial charge in [0.1, 0.15) is 0 Å². The van der Waals surface area contributed by atoms with E-state index in [2.05, 4.69) is 19.9 Å². The lowest BCUT2D eigenvalue weighted by molar-refractivity contribution is 0.801. The van der Waals surface area contributed by atoms with Gasteiger partial charge in [0.15, 0.2) is 0 Å². The van der Waals surface area contributed by atoms with Crippen LogP contribution in [0.5, 0.6) is 0 Å². The Morgan fingerprint density at radius 1 is 1.71 bits per heavy atom. The van der Waals surface area contributed by atoms with Gasteiger partial charge in [-0.25, -0.2) is 0 Å². The van der Waals surface area contributed by atoms with E-state index in [1.807, 2.05) is 6.08 Å². The van der Waals surface area contributed by atoms with Crippen LogP contribution in [0.2, 0.25) is 0 Å². The summed E-state index contributed by atoms with van der Waals surface area (Å²) in [5.74, 6) is 0.517. The van der Waals surface area contributed by atoms with Crippen molar-refractivity contribution in [3.05, 3.63) is 12.2 Å². The van der Waals surface area contributed by atoms with E-state index in [1.165, 1.54) is 0 Å². The molecule has 0 saturated heterocycles. The van der Waals surface area contributed by atoms with Crippen LogP contribution in [0, 0.1) is 12.0 Å². The van der Waals surface area contributed by atoms with E-state index >= 15 is 0 Å². The molecule has 7 heavy (non-hydrogen) atoms. The van der Waals surface area contributed by atoms with Crippen molar-refractivity contribution >= 4 is 0 Å². The lowest BCUT2D eigenvalue weighted by Gasteiger charge is -1.87. The molecular weight excluding hydrogens is 86.1 g/mol. The van der Waals surface area contributed by atoms with Gasteiger partial charge in [0.2, 0.25) is 0 Å². The molecule has 2 N–H and O–H groups in total. The van der Waals surface area contributed by atoms with Crippen molar-refractivity contribution in [2.24, 2.45) is 11.7 Å². The van der Waals surface area contributed by atoms with Gasteiger partial charge in [0.25, 0.3) is 0 Å². The second-order valence-corrected chi connectivity index (χ2v) is 1.76. The first kappa shape index (κ1) is 6.70. The van der Waals surface area contributed by atoms with Gasteiger partial charge in [0, 0.05) is 6.54 Å². The van der Waals surface area contributed by atoms with Crippen LogP contribution in [-0.4, -0.2) is 6.54 Å². The monoisotopic (exact) mass is 98.1 g/mol. The molecule has 0 fully saturated rings. The average Bonchev–Trinajstić information content (AvgIpc) is 1.61. The van der Waals surface area contributed by atoms with E-state index in [1.54, 1.807) is 0 Å². The molecule has 0 aromatic heterocycles. The average molecular weight is 98.2 g/mol. The number of nitrogens with two attached hydrogens (primary N) is 1. The fourth-order valence-corrected chi connectivity index (χ4v) is 0.304. The topological polar surface area (TPSA) is 26.0 Å². The molecule has 41 valence electrons. The molecule has 1 heteroatoms. The molecule has 0 atom stereocenters. The van der Waals surface area contributed by atoms with Gasteiger partial charge < -0.3 is 5.73 Å². The maximum Gasteiger partial charge on any atom is 0.0112 e. The summed E-state index contributed by atoms with van der Waals surface area (Å²) in [6, 6.07) is 0. The maximum atomic E-state index is 5.16. The summed E-state index contributed by atoms with van der Waals surface area (Å²) in [6.07, 6.45) is 4.90. The molecule has 0 aliphatic heterocycles. The predicted molar refractivity (Wildman–Crippen MR) is 31.7 cm³/mol. The lowest BCUT2D eigenvalue weighted by Crippen LogP contribution is -1.93. The zero-order valence-corrected chi connectivity index (χ0v) is 4.94. The molecule has 0 amide bonds. The zero-order valence-electron chi connectivity index (χ0n) is 4.94. The molecule has 0 bridgehead atoms. The highest BCUT2D eigenvalue weighted by molar-refractivity contribution is 4.76. The van der Waals surface area contributed by atoms with Crippen molar-refractivity contribution in [2.75, 3.05) is 6.54 Å². The van der Waals surface area contributed by atoms with Crippen LogP contribution in [0.25, 0.3) is 0 Å². The summed E-state index contributed by atoms with van der Waals surface area (Å²) in [5, 5.41) is 0. The highest BCUT2D eigenvalue weighted by atomic mass is 14.5. The van der Waals surface area contributed by atoms with E-state index in [4.69, 9.17) is 5.73 Å². The third-order valence-electron chi connectivity index (χ3n) is 0.569. The van der Waals surface area contributed by atoms with Gasteiger partial charge in [-0.3, -0.25) is 0 Å². The Balaban J connectivity index is 3.08. The Morgan fingerprint density at radius 3 is 2.43 bits per heavy atom. The summed E-state index contributed by atoms with van der Waals surface area (Å²) in [7, 11) is 0. The van der Waals surface area contributed by atoms with E-state index in [0.717, 1.165) is 0 Å².